The average molecular weight is 1230 g/mol. The Labute approximate surface area is 476 Å². The maximum absolute atomic E-state index is 12.9. The molecule has 7 aliphatic heterocycles. The lowest BCUT2D eigenvalue weighted by molar-refractivity contribution is -0.391. The van der Waals surface area contributed by atoms with Crippen LogP contribution in [0.2, 0.25) is 0 Å². The van der Waals surface area contributed by atoms with Crippen LogP contribution in [-0.4, -0.2) is 358 Å². The van der Waals surface area contributed by atoms with Crippen molar-refractivity contribution in [2.75, 3.05) is 39.6 Å². The number of carbonyl (C=O) groups excluding carboxylic acids is 3. The molecule has 0 unspecified atom stereocenters. The molecule has 0 aliphatic carbocycles. The molecule has 0 radical (unpaired) electrons. The number of aliphatic hydroxyl groups excluding tert-OH is 18. The summed E-state index contributed by atoms with van der Waals surface area (Å²) in [5, 5.41) is 203. The van der Waals surface area contributed by atoms with Crippen molar-refractivity contribution in [1.29, 1.82) is 0 Å². The second kappa shape index (κ2) is 29.7. The van der Waals surface area contributed by atoms with E-state index < -0.39 is 266 Å². The van der Waals surface area contributed by atoms with Gasteiger partial charge in [-0.1, -0.05) is 0 Å². The molecule has 7 heterocycles. The molecule has 37 nitrogen and oxygen atoms in total. The Morgan fingerprint density at radius 2 is 0.810 bits per heavy atom. The van der Waals surface area contributed by atoms with E-state index in [2.05, 4.69) is 16.0 Å². The van der Waals surface area contributed by atoms with Gasteiger partial charge in [-0.05, 0) is 6.92 Å². The van der Waals surface area contributed by atoms with Gasteiger partial charge in [0.05, 0.1) is 45.7 Å². The number of ether oxygens (including phenoxy) is 13. The fraction of sp³-hybridized carbons (Fsp3) is 0.936. The normalized spacial score (nSPS) is 49.4. The van der Waals surface area contributed by atoms with E-state index in [0.717, 1.165) is 20.8 Å². The van der Waals surface area contributed by atoms with E-state index in [1.807, 2.05) is 0 Å². The third-order valence-corrected chi connectivity index (χ3v) is 15.3. The van der Waals surface area contributed by atoms with E-state index in [-0.39, 0.29) is 0 Å². The minimum absolute atomic E-state index is 0.658. The van der Waals surface area contributed by atoms with Gasteiger partial charge in [0, 0.05) is 20.8 Å². The lowest BCUT2D eigenvalue weighted by Crippen LogP contribution is -2.71. The van der Waals surface area contributed by atoms with Crippen molar-refractivity contribution in [3.63, 3.8) is 0 Å². The van der Waals surface area contributed by atoms with Crippen LogP contribution in [0.4, 0.5) is 0 Å². The standard InChI is InChI=1S/C47H79N3O34/c1-11-24(59)31(66)35(70)45(74-11)82-38-23(50-14(4)57)41(71)75-19(8-54)37(38)81-43-22(49-13(3)56)30(65)36(18(7-53)78-43)80-47-40(84-44-34(69)25(60)15(58)9-72-44)33(68)28(63)20(79-47)10-73-46-39(32(67)27(62)17(6-52)77-46)83-42-21(48-12(2)55)29(64)26(61)16(5-51)76-42/h11,15-47,51-54,58-71H,5-10H2,1-4H3,(H,48,55)(H,49,56)(H,50,57)/t11-,15+,16+,17+,18+,19+,20+,21+,22+,23+,24+,25-,26+,27+,28+,29+,30+,31+,32-,33-,34+,35-,36+,37+,38+,39-,40-,41+,42-,43-,44-,45-,46-,47-/m0/s1. The molecule has 0 aromatic carbocycles. The van der Waals surface area contributed by atoms with Gasteiger partial charge in [0.2, 0.25) is 17.7 Å². The Hall–Kier alpha value is -2.83. The van der Waals surface area contributed by atoms with Gasteiger partial charge in [0.25, 0.3) is 0 Å². The minimum atomic E-state index is -2.26. The SMILES string of the molecule is CC(=O)N[C@@H]1[C@@H](O[C@@H]2O[C@@H](C)[C@@H](O)[C@@H](O)[C@@H]2O)[C@H](O[C@@H]2O[C@H](CO)[C@@H](O[C@@H]3O[C@H](CO[C@H]4O[C@H](CO)[C@@H](O)[C@H](O)[C@@H]4O[C@@H]4O[C@H](CO)[C@@H](O)[C@H](O)[C@H]4NC(C)=O)[C@@H](O)[C@H](O)[C@@H]3O[C@@H]3OC[C@@H](O)[C@H](O)[C@H]3O)[C@H](O)[C@H]2NC(C)=O)[C@@H](CO)O[C@H]1O. The second-order valence-corrected chi connectivity index (χ2v) is 21.3. The highest BCUT2D eigenvalue weighted by Crippen LogP contribution is 2.38. The average Bonchev–Trinajstić information content (AvgIpc) is 1.59. The molecule has 486 valence electrons. The van der Waals surface area contributed by atoms with E-state index in [1.165, 1.54) is 6.92 Å². The molecular formula is C47H79N3O34. The van der Waals surface area contributed by atoms with Crippen LogP contribution >= 0.6 is 0 Å². The molecule has 0 aromatic heterocycles. The Balaban J connectivity index is 1.18. The number of amides is 3. The summed E-state index contributed by atoms with van der Waals surface area (Å²) in [4.78, 5) is 37.6. The van der Waals surface area contributed by atoms with Crippen LogP contribution in [0.25, 0.3) is 0 Å². The third-order valence-electron chi connectivity index (χ3n) is 15.3. The molecule has 7 aliphatic rings. The van der Waals surface area contributed by atoms with Gasteiger partial charge >= 0.3 is 0 Å². The van der Waals surface area contributed by atoms with Gasteiger partial charge in [0.1, 0.15) is 159 Å². The van der Waals surface area contributed by atoms with Crippen molar-refractivity contribution in [2.24, 2.45) is 0 Å². The fourth-order valence-corrected chi connectivity index (χ4v) is 10.7. The smallest absolute Gasteiger partial charge is 0.217 e. The van der Waals surface area contributed by atoms with Gasteiger partial charge in [-0.3, -0.25) is 14.4 Å². The van der Waals surface area contributed by atoms with Gasteiger partial charge in [-0.2, -0.15) is 0 Å². The summed E-state index contributed by atoms with van der Waals surface area (Å²) in [6, 6.07) is -5.14. The first-order valence-corrected chi connectivity index (χ1v) is 26.9. The van der Waals surface area contributed by atoms with Crippen LogP contribution in [-0.2, 0) is 76.0 Å². The predicted molar refractivity (Wildman–Crippen MR) is 259 cm³/mol. The number of aliphatic hydroxyl groups is 18. The Kier molecular flexibility index (Phi) is 24.2. The summed E-state index contributed by atoms with van der Waals surface area (Å²) in [6.07, 6.45) is -58.5. The van der Waals surface area contributed by atoms with Crippen LogP contribution in [0.5, 0.6) is 0 Å². The molecule has 34 atom stereocenters. The van der Waals surface area contributed by atoms with Crippen molar-refractivity contribution in [1.82, 2.24) is 16.0 Å². The van der Waals surface area contributed by atoms with Crippen LogP contribution in [0.3, 0.4) is 0 Å². The summed E-state index contributed by atoms with van der Waals surface area (Å²) in [7, 11) is 0. The van der Waals surface area contributed by atoms with Crippen LogP contribution in [0.15, 0.2) is 0 Å². The molecule has 0 bridgehead atoms. The molecule has 7 saturated heterocycles. The van der Waals surface area contributed by atoms with Crippen molar-refractivity contribution in [3.05, 3.63) is 0 Å². The molecule has 37 heteroatoms. The summed E-state index contributed by atoms with van der Waals surface area (Å²) < 4.78 is 76.4. The number of hydrogen-bond donors (Lipinski definition) is 21. The number of rotatable bonds is 20. The monoisotopic (exact) mass is 1230 g/mol. The lowest BCUT2D eigenvalue weighted by Gasteiger charge is -2.51. The zero-order valence-electron chi connectivity index (χ0n) is 45.5. The predicted octanol–water partition coefficient (Wildman–Crippen LogP) is -14.2. The van der Waals surface area contributed by atoms with Gasteiger partial charge in [-0.15, -0.1) is 0 Å². The minimum Gasteiger partial charge on any atom is -0.394 e. The van der Waals surface area contributed by atoms with Crippen molar-refractivity contribution >= 4 is 17.7 Å². The largest absolute Gasteiger partial charge is 0.394 e. The van der Waals surface area contributed by atoms with E-state index in [1.54, 1.807) is 0 Å². The second-order valence-electron chi connectivity index (χ2n) is 21.3. The van der Waals surface area contributed by atoms with Crippen molar-refractivity contribution < 1.29 is 168 Å². The summed E-state index contributed by atoms with van der Waals surface area (Å²) in [5.74, 6) is -2.45. The molecule has 3 amide bonds. The van der Waals surface area contributed by atoms with Crippen molar-refractivity contribution in [2.45, 2.75) is 236 Å². The first kappa shape index (κ1) is 68.7. The van der Waals surface area contributed by atoms with Crippen LogP contribution in [0.1, 0.15) is 27.7 Å². The van der Waals surface area contributed by atoms with E-state index >= 15 is 0 Å². The van der Waals surface area contributed by atoms with Crippen molar-refractivity contribution in [3.8, 4) is 0 Å². The Bertz CT molecular complexity index is 2120. The van der Waals surface area contributed by atoms with E-state index in [4.69, 9.17) is 61.6 Å². The molecule has 7 rings (SSSR count). The fourth-order valence-electron chi connectivity index (χ4n) is 10.7. The third kappa shape index (κ3) is 15.1. The number of carbonyl (C=O) groups is 3. The Morgan fingerprint density at radius 1 is 0.381 bits per heavy atom. The molecule has 0 aromatic rings. The zero-order valence-corrected chi connectivity index (χ0v) is 45.5. The molecular weight excluding hydrogens is 1150 g/mol. The Morgan fingerprint density at radius 3 is 1.38 bits per heavy atom. The zero-order chi connectivity index (χ0) is 61.9. The van der Waals surface area contributed by atoms with Crippen LogP contribution in [0, 0.1) is 0 Å². The summed E-state index contributed by atoms with van der Waals surface area (Å²) in [6.45, 7) is -1.22. The molecule has 0 spiro atoms. The molecule has 7 fully saturated rings. The van der Waals surface area contributed by atoms with Crippen LogP contribution < -0.4 is 16.0 Å². The maximum atomic E-state index is 12.9. The van der Waals surface area contributed by atoms with E-state index in [0.29, 0.717) is 0 Å². The highest BCUT2D eigenvalue weighted by molar-refractivity contribution is 5.74. The van der Waals surface area contributed by atoms with Gasteiger partial charge in [0.15, 0.2) is 44.0 Å². The first-order valence-electron chi connectivity index (χ1n) is 26.9. The highest BCUT2D eigenvalue weighted by Gasteiger charge is 2.58. The molecule has 84 heavy (non-hydrogen) atoms. The highest BCUT2D eigenvalue weighted by atomic mass is 16.8. The molecule has 21 N–H and O–H groups in total. The first-order chi connectivity index (χ1) is 39.6. The lowest BCUT2D eigenvalue weighted by atomic mass is 9.93. The number of hydrogen-bond acceptors (Lipinski definition) is 34. The summed E-state index contributed by atoms with van der Waals surface area (Å²) in [5.41, 5.74) is 0. The van der Waals surface area contributed by atoms with E-state index in [9.17, 15) is 106 Å². The number of nitrogens with one attached hydrogen (secondary N) is 3. The van der Waals surface area contributed by atoms with Gasteiger partial charge in [-0.25, -0.2) is 0 Å². The topological polar surface area (TPSA) is 571 Å². The van der Waals surface area contributed by atoms with Gasteiger partial charge < -0.3 is 169 Å². The summed E-state index contributed by atoms with van der Waals surface area (Å²) >= 11 is 0. The quantitative estimate of drug-likeness (QED) is 0.0538. The maximum Gasteiger partial charge on any atom is 0.217 e. The molecule has 0 saturated carbocycles.